The molecule has 2 heterocycles. The van der Waals surface area contributed by atoms with Crippen molar-refractivity contribution in [1.29, 1.82) is 0 Å². The van der Waals surface area contributed by atoms with Gasteiger partial charge in [0.15, 0.2) is 5.78 Å². The molecule has 4 nitrogen and oxygen atoms in total. The molecule has 3 rings (SSSR count). The Hall–Kier alpha value is -1.99. The molecule has 1 aromatic carbocycles. The summed E-state index contributed by atoms with van der Waals surface area (Å²) in [5.41, 5.74) is 0.642. The highest BCUT2D eigenvalue weighted by molar-refractivity contribution is 7.99. The first-order chi connectivity index (χ1) is 11.2. The summed E-state index contributed by atoms with van der Waals surface area (Å²) in [6.07, 6.45) is 0.926. The first kappa shape index (κ1) is 15.9. The molecule has 0 N–H and O–H groups in total. The van der Waals surface area contributed by atoms with Crippen molar-refractivity contribution in [3.63, 3.8) is 0 Å². The third-order valence-corrected chi connectivity index (χ3v) is 5.20. The predicted molar refractivity (Wildman–Crippen MR) is 88.4 cm³/mol. The lowest BCUT2D eigenvalue weighted by molar-refractivity contribution is 0.102. The lowest BCUT2D eigenvalue weighted by Crippen LogP contribution is -1.99. The van der Waals surface area contributed by atoms with Crippen molar-refractivity contribution in [2.75, 3.05) is 5.75 Å². The van der Waals surface area contributed by atoms with Crippen LogP contribution in [0.1, 0.15) is 21.5 Å². The number of thioether (sulfide) groups is 1. The number of carbonyl (C=O) groups is 1. The van der Waals surface area contributed by atoms with Crippen LogP contribution < -0.4 is 0 Å². The molecule has 118 valence electrons. The van der Waals surface area contributed by atoms with Crippen LogP contribution >= 0.6 is 23.1 Å². The normalized spacial score (nSPS) is 10.9. The lowest BCUT2D eigenvalue weighted by Gasteiger charge is -1.95. The van der Waals surface area contributed by atoms with Crippen LogP contribution in [0.5, 0.6) is 0 Å². The summed E-state index contributed by atoms with van der Waals surface area (Å²) in [7, 11) is 0. The van der Waals surface area contributed by atoms with Gasteiger partial charge in [-0.05, 0) is 42.8 Å². The van der Waals surface area contributed by atoms with Crippen molar-refractivity contribution in [2.24, 2.45) is 0 Å². The maximum Gasteiger partial charge on any atom is 0.277 e. The molecule has 0 saturated heterocycles. The largest absolute Gasteiger partial charge is 0.411 e. The van der Waals surface area contributed by atoms with Gasteiger partial charge < -0.3 is 4.42 Å². The molecular formula is C16H13FN2O2S2. The van der Waals surface area contributed by atoms with Gasteiger partial charge in [0.1, 0.15) is 5.82 Å². The second-order valence-corrected chi connectivity index (χ2v) is 6.81. The Morgan fingerprint density at radius 3 is 2.70 bits per heavy atom. The van der Waals surface area contributed by atoms with Gasteiger partial charge in [0.25, 0.3) is 5.22 Å². The molecule has 7 heteroatoms. The minimum absolute atomic E-state index is 0.0428. The summed E-state index contributed by atoms with van der Waals surface area (Å²) in [6.45, 7) is 2.06. The van der Waals surface area contributed by atoms with Crippen molar-refractivity contribution >= 4 is 28.9 Å². The Kier molecular flexibility index (Phi) is 4.88. The van der Waals surface area contributed by atoms with Gasteiger partial charge in [-0.15, -0.1) is 21.5 Å². The van der Waals surface area contributed by atoms with Crippen molar-refractivity contribution in [1.82, 2.24) is 10.2 Å². The lowest BCUT2D eigenvalue weighted by atomic mass is 10.2. The molecule has 0 aliphatic rings. The Balaban J connectivity index is 1.63. The quantitative estimate of drug-likeness (QED) is 0.486. The zero-order chi connectivity index (χ0) is 16.2. The van der Waals surface area contributed by atoms with E-state index in [1.165, 1.54) is 40.1 Å². The topological polar surface area (TPSA) is 56.0 Å². The molecule has 0 unspecified atom stereocenters. The minimum Gasteiger partial charge on any atom is -0.411 e. The van der Waals surface area contributed by atoms with E-state index in [2.05, 4.69) is 17.1 Å². The molecule has 0 fully saturated rings. The van der Waals surface area contributed by atoms with Crippen molar-refractivity contribution < 1.29 is 13.6 Å². The average molecular weight is 348 g/mol. The maximum absolute atomic E-state index is 12.9. The van der Waals surface area contributed by atoms with Gasteiger partial charge in [-0.3, -0.25) is 4.79 Å². The first-order valence-electron chi connectivity index (χ1n) is 7.00. The Morgan fingerprint density at radius 2 is 2.00 bits per heavy atom. The number of carbonyl (C=O) groups excluding carboxylic acids is 1. The van der Waals surface area contributed by atoms with E-state index in [0.717, 1.165) is 11.3 Å². The van der Waals surface area contributed by atoms with Crippen LogP contribution in [0.4, 0.5) is 4.39 Å². The number of Topliss-reactive ketones (excluding diaryl/α,β-unsaturated/α-hetero) is 1. The fraction of sp³-hybridized carbons (Fsp3) is 0.188. The molecule has 23 heavy (non-hydrogen) atoms. The number of aromatic nitrogens is 2. The highest BCUT2D eigenvalue weighted by atomic mass is 32.2. The number of halogens is 1. The molecular weight excluding hydrogens is 335 g/mol. The molecule has 0 aliphatic carbocycles. The first-order valence-corrected chi connectivity index (χ1v) is 8.80. The van der Waals surface area contributed by atoms with Crippen LogP contribution in [0, 0.1) is 5.82 Å². The third kappa shape index (κ3) is 3.86. The van der Waals surface area contributed by atoms with E-state index in [4.69, 9.17) is 4.42 Å². The van der Waals surface area contributed by atoms with Gasteiger partial charge in [-0.25, -0.2) is 4.39 Å². The number of hydrogen-bond donors (Lipinski definition) is 0. The Bertz CT molecular complexity index is 812. The summed E-state index contributed by atoms with van der Waals surface area (Å²) in [6, 6.07) is 9.63. The van der Waals surface area contributed by atoms with E-state index in [9.17, 15) is 9.18 Å². The average Bonchev–Trinajstić information content (AvgIpc) is 3.22. The van der Waals surface area contributed by atoms with Crippen LogP contribution in [-0.4, -0.2) is 21.7 Å². The van der Waals surface area contributed by atoms with E-state index >= 15 is 0 Å². The second-order valence-electron chi connectivity index (χ2n) is 4.71. The van der Waals surface area contributed by atoms with Crippen LogP contribution in [-0.2, 0) is 6.42 Å². The monoisotopic (exact) mass is 348 g/mol. The fourth-order valence-electron chi connectivity index (χ4n) is 1.89. The van der Waals surface area contributed by atoms with Crippen LogP contribution in [0.3, 0.4) is 0 Å². The zero-order valence-corrected chi connectivity index (χ0v) is 13.9. The summed E-state index contributed by atoms with van der Waals surface area (Å²) in [4.78, 5) is 14.1. The number of nitrogens with zero attached hydrogens (tertiary/aromatic N) is 2. The smallest absolute Gasteiger partial charge is 0.277 e. The van der Waals surface area contributed by atoms with Gasteiger partial charge in [0, 0.05) is 10.4 Å². The van der Waals surface area contributed by atoms with Gasteiger partial charge in [0.2, 0.25) is 5.89 Å². The summed E-state index contributed by atoms with van der Waals surface area (Å²) in [5.74, 6) is 0.274. The molecule has 0 amide bonds. The van der Waals surface area contributed by atoms with Crippen molar-refractivity contribution in [3.05, 3.63) is 52.0 Å². The van der Waals surface area contributed by atoms with Crippen LogP contribution in [0.25, 0.3) is 11.5 Å². The summed E-state index contributed by atoms with van der Waals surface area (Å²) < 4.78 is 18.4. The molecule has 0 aliphatic heterocycles. The number of benzene rings is 1. The van der Waals surface area contributed by atoms with E-state index in [1.54, 1.807) is 12.1 Å². The molecule has 2 aromatic heterocycles. The van der Waals surface area contributed by atoms with Crippen LogP contribution in [0.15, 0.2) is 46.0 Å². The number of hydrogen-bond acceptors (Lipinski definition) is 6. The van der Waals surface area contributed by atoms with E-state index in [-0.39, 0.29) is 17.4 Å². The summed E-state index contributed by atoms with van der Waals surface area (Å²) >= 11 is 2.72. The number of thiophene rings is 1. The molecule has 0 bridgehead atoms. The maximum atomic E-state index is 12.9. The van der Waals surface area contributed by atoms with Crippen LogP contribution in [0.2, 0.25) is 0 Å². The number of aryl methyl sites for hydroxylation is 1. The molecule has 0 atom stereocenters. The Labute approximate surface area is 140 Å². The highest BCUT2D eigenvalue weighted by Gasteiger charge is 2.13. The minimum atomic E-state index is -0.323. The predicted octanol–water partition coefficient (Wildman–Crippen LogP) is 4.47. The Morgan fingerprint density at radius 1 is 1.22 bits per heavy atom. The fourth-order valence-corrected chi connectivity index (χ4v) is 3.52. The van der Waals surface area contributed by atoms with E-state index in [1.807, 2.05) is 12.1 Å². The number of ketones is 1. The summed E-state index contributed by atoms with van der Waals surface area (Å²) in [5, 5.41) is 8.15. The van der Waals surface area contributed by atoms with Gasteiger partial charge in [-0.2, -0.15) is 0 Å². The highest BCUT2D eigenvalue weighted by Crippen LogP contribution is 2.25. The second kappa shape index (κ2) is 7.06. The SMILES string of the molecule is CCc1ccc(C(=O)CSc2nnc(-c3ccc(F)cc3)o2)s1. The standard InChI is InChI=1S/C16H13FN2O2S2/c1-2-12-7-8-14(23-12)13(20)9-22-16-19-18-15(21-16)10-3-5-11(17)6-4-10/h3-8H,2,9H2,1H3. The number of rotatable bonds is 6. The molecule has 3 aromatic rings. The molecule has 0 saturated carbocycles. The van der Waals surface area contributed by atoms with Gasteiger partial charge >= 0.3 is 0 Å². The molecule has 0 radical (unpaired) electrons. The van der Waals surface area contributed by atoms with Crippen molar-refractivity contribution in [2.45, 2.75) is 18.6 Å². The van der Waals surface area contributed by atoms with Gasteiger partial charge in [-0.1, -0.05) is 18.7 Å². The van der Waals surface area contributed by atoms with Crippen molar-refractivity contribution in [3.8, 4) is 11.5 Å². The molecule has 0 spiro atoms. The van der Waals surface area contributed by atoms with E-state index in [0.29, 0.717) is 16.7 Å². The van der Waals surface area contributed by atoms with E-state index < -0.39 is 0 Å². The van der Waals surface area contributed by atoms with Gasteiger partial charge in [0.05, 0.1) is 10.6 Å². The zero-order valence-electron chi connectivity index (χ0n) is 12.3. The third-order valence-electron chi connectivity index (χ3n) is 3.11.